The standard InChI is InChI=1S/C15H23ClN2O/c1-3-13(17)9-11-8-12(16)4-5-15(11)18(2)14-6-7-19-10-14/h4-5,8,13-14H,3,6-7,9-10,17H2,1-2H3. The molecule has 19 heavy (non-hydrogen) atoms. The van der Waals surface area contributed by atoms with E-state index in [1.165, 1.54) is 11.3 Å². The molecule has 2 unspecified atom stereocenters. The van der Waals surface area contributed by atoms with Gasteiger partial charge in [0.05, 0.1) is 12.6 Å². The first kappa shape index (κ1) is 14.6. The van der Waals surface area contributed by atoms with E-state index in [2.05, 4.69) is 24.9 Å². The topological polar surface area (TPSA) is 38.5 Å². The van der Waals surface area contributed by atoms with Crippen molar-refractivity contribution in [3.63, 3.8) is 0 Å². The maximum atomic E-state index is 6.12. The van der Waals surface area contributed by atoms with E-state index in [4.69, 9.17) is 22.1 Å². The van der Waals surface area contributed by atoms with Crippen LogP contribution in [-0.4, -0.2) is 32.3 Å². The molecule has 2 N–H and O–H groups in total. The lowest BCUT2D eigenvalue weighted by Crippen LogP contribution is -2.33. The summed E-state index contributed by atoms with van der Waals surface area (Å²) in [7, 11) is 2.13. The van der Waals surface area contributed by atoms with Gasteiger partial charge in [0, 0.05) is 30.4 Å². The molecule has 1 aromatic rings. The summed E-state index contributed by atoms with van der Waals surface area (Å²) in [6, 6.07) is 6.73. The van der Waals surface area contributed by atoms with Gasteiger partial charge in [0.2, 0.25) is 0 Å². The molecular formula is C15H23ClN2O. The molecule has 1 saturated heterocycles. The van der Waals surface area contributed by atoms with Crippen LogP contribution in [0, 0.1) is 0 Å². The molecule has 0 aliphatic carbocycles. The molecule has 1 aromatic carbocycles. The average molecular weight is 283 g/mol. The van der Waals surface area contributed by atoms with Crippen molar-refractivity contribution in [3.05, 3.63) is 28.8 Å². The number of nitrogens with two attached hydrogens (primary N) is 1. The summed E-state index contributed by atoms with van der Waals surface area (Å²) in [5.74, 6) is 0. The highest BCUT2D eigenvalue weighted by Crippen LogP contribution is 2.28. The fraction of sp³-hybridized carbons (Fsp3) is 0.600. The zero-order valence-electron chi connectivity index (χ0n) is 11.7. The molecule has 0 radical (unpaired) electrons. The Balaban J connectivity index is 2.22. The van der Waals surface area contributed by atoms with Crippen molar-refractivity contribution in [2.75, 3.05) is 25.2 Å². The highest BCUT2D eigenvalue weighted by atomic mass is 35.5. The van der Waals surface area contributed by atoms with Crippen molar-refractivity contribution in [2.24, 2.45) is 5.73 Å². The van der Waals surface area contributed by atoms with Crippen molar-refractivity contribution in [1.29, 1.82) is 0 Å². The van der Waals surface area contributed by atoms with Crippen LogP contribution in [0.3, 0.4) is 0 Å². The van der Waals surface area contributed by atoms with Crippen LogP contribution in [0.25, 0.3) is 0 Å². The van der Waals surface area contributed by atoms with Gasteiger partial charge in [0.1, 0.15) is 0 Å². The Kier molecular flexibility index (Phi) is 5.08. The van der Waals surface area contributed by atoms with Gasteiger partial charge in [-0.25, -0.2) is 0 Å². The summed E-state index contributed by atoms with van der Waals surface area (Å²) in [5.41, 5.74) is 8.55. The van der Waals surface area contributed by atoms with Crippen LogP contribution < -0.4 is 10.6 Å². The van der Waals surface area contributed by atoms with Crippen LogP contribution in [-0.2, 0) is 11.2 Å². The first-order valence-corrected chi connectivity index (χ1v) is 7.34. The van der Waals surface area contributed by atoms with Crippen LogP contribution in [0.2, 0.25) is 5.02 Å². The minimum atomic E-state index is 0.186. The number of hydrogen-bond donors (Lipinski definition) is 1. The van der Waals surface area contributed by atoms with Crippen LogP contribution in [0.4, 0.5) is 5.69 Å². The van der Waals surface area contributed by atoms with Crippen LogP contribution in [0.15, 0.2) is 18.2 Å². The third-order valence-corrected chi connectivity index (χ3v) is 4.12. The predicted octanol–water partition coefficient (Wildman–Crippen LogP) is 2.84. The quantitative estimate of drug-likeness (QED) is 0.902. The Bertz CT molecular complexity index is 419. The van der Waals surface area contributed by atoms with E-state index in [0.717, 1.165) is 37.5 Å². The molecule has 1 fully saturated rings. The monoisotopic (exact) mass is 282 g/mol. The second-order valence-electron chi connectivity index (χ2n) is 5.27. The second-order valence-corrected chi connectivity index (χ2v) is 5.71. The third kappa shape index (κ3) is 3.62. The average Bonchev–Trinajstić information content (AvgIpc) is 2.92. The Hall–Kier alpha value is -0.770. The number of rotatable bonds is 5. The molecule has 0 aromatic heterocycles. The number of anilines is 1. The fourth-order valence-corrected chi connectivity index (χ4v) is 2.71. The van der Waals surface area contributed by atoms with Gasteiger partial charge in [-0.3, -0.25) is 0 Å². The van der Waals surface area contributed by atoms with Crippen molar-refractivity contribution in [2.45, 2.75) is 38.3 Å². The van der Waals surface area contributed by atoms with Crippen molar-refractivity contribution >= 4 is 17.3 Å². The van der Waals surface area contributed by atoms with Gasteiger partial charge in [0.25, 0.3) is 0 Å². The molecule has 0 amide bonds. The predicted molar refractivity (Wildman–Crippen MR) is 81.0 cm³/mol. The molecule has 3 nitrogen and oxygen atoms in total. The molecule has 1 aliphatic rings. The SMILES string of the molecule is CCC(N)Cc1cc(Cl)ccc1N(C)C1CCOC1. The molecule has 0 saturated carbocycles. The molecule has 2 atom stereocenters. The van der Waals surface area contributed by atoms with Gasteiger partial charge in [-0.1, -0.05) is 18.5 Å². The zero-order valence-corrected chi connectivity index (χ0v) is 12.5. The van der Waals surface area contributed by atoms with Gasteiger partial charge in [-0.15, -0.1) is 0 Å². The lowest BCUT2D eigenvalue weighted by Gasteiger charge is -2.28. The Morgan fingerprint density at radius 2 is 2.32 bits per heavy atom. The van der Waals surface area contributed by atoms with E-state index >= 15 is 0 Å². The number of benzene rings is 1. The van der Waals surface area contributed by atoms with Crippen molar-refractivity contribution < 1.29 is 4.74 Å². The fourth-order valence-electron chi connectivity index (χ4n) is 2.51. The second kappa shape index (κ2) is 6.60. The van der Waals surface area contributed by atoms with E-state index in [-0.39, 0.29) is 6.04 Å². The number of halogens is 1. The maximum Gasteiger partial charge on any atom is 0.0670 e. The summed E-state index contributed by atoms with van der Waals surface area (Å²) in [6.45, 7) is 3.77. The largest absolute Gasteiger partial charge is 0.379 e. The van der Waals surface area contributed by atoms with Gasteiger partial charge < -0.3 is 15.4 Å². The molecule has 1 heterocycles. The van der Waals surface area contributed by atoms with E-state index in [1.54, 1.807) is 0 Å². The van der Waals surface area contributed by atoms with Crippen molar-refractivity contribution in [3.8, 4) is 0 Å². The van der Waals surface area contributed by atoms with E-state index in [0.29, 0.717) is 6.04 Å². The minimum absolute atomic E-state index is 0.186. The first-order valence-electron chi connectivity index (χ1n) is 6.96. The van der Waals surface area contributed by atoms with Crippen molar-refractivity contribution in [1.82, 2.24) is 0 Å². The Morgan fingerprint density at radius 1 is 1.53 bits per heavy atom. The summed E-state index contributed by atoms with van der Waals surface area (Å²) >= 11 is 6.12. The normalized spacial score (nSPS) is 20.5. The van der Waals surface area contributed by atoms with Gasteiger partial charge in [0.15, 0.2) is 0 Å². The molecule has 0 bridgehead atoms. The molecule has 2 rings (SSSR count). The molecule has 4 heteroatoms. The van der Waals surface area contributed by atoms with Crippen LogP contribution in [0.5, 0.6) is 0 Å². The van der Waals surface area contributed by atoms with E-state index in [1.807, 2.05) is 12.1 Å². The van der Waals surface area contributed by atoms with Gasteiger partial charge in [-0.05, 0) is 43.0 Å². The lowest BCUT2D eigenvalue weighted by molar-refractivity contribution is 0.193. The molecular weight excluding hydrogens is 260 g/mol. The van der Waals surface area contributed by atoms with Gasteiger partial charge in [-0.2, -0.15) is 0 Å². The summed E-state index contributed by atoms with van der Waals surface area (Å²) < 4.78 is 5.47. The highest BCUT2D eigenvalue weighted by Gasteiger charge is 2.22. The lowest BCUT2D eigenvalue weighted by atomic mass is 10.0. The maximum absolute atomic E-state index is 6.12. The number of nitrogens with zero attached hydrogens (tertiary/aromatic N) is 1. The number of hydrogen-bond acceptors (Lipinski definition) is 3. The highest BCUT2D eigenvalue weighted by molar-refractivity contribution is 6.30. The third-order valence-electron chi connectivity index (χ3n) is 3.88. The Labute approximate surface area is 120 Å². The summed E-state index contributed by atoms with van der Waals surface area (Å²) in [4.78, 5) is 2.31. The smallest absolute Gasteiger partial charge is 0.0670 e. The first-order chi connectivity index (χ1) is 9.11. The molecule has 106 valence electrons. The van der Waals surface area contributed by atoms with Crippen LogP contribution in [0.1, 0.15) is 25.3 Å². The minimum Gasteiger partial charge on any atom is -0.379 e. The zero-order chi connectivity index (χ0) is 13.8. The summed E-state index contributed by atoms with van der Waals surface area (Å²) in [6.07, 6.45) is 2.92. The number of ether oxygens (including phenoxy) is 1. The van der Waals surface area contributed by atoms with Gasteiger partial charge >= 0.3 is 0 Å². The summed E-state index contributed by atoms with van der Waals surface area (Å²) in [5, 5.41) is 0.776. The van der Waals surface area contributed by atoms with Crippen LogP contribution >= 0.6 is 11.6 Å². The molecule has 0 spiro atoms. The molecule has 1 aliphatic heterocycles. The number of likely N-dealkylation sites (N-methyl/N-ethyl adjacent to an activating group) is 1. The van der Waals surface area contributed by atoms with E-state index < -0.39 is 0 Å². The Morgan fingerprint density at radius 3 is 2.95 bits per heavy atom. The van der Waals surface area contributed by atoms with E-state index in [9.17, 15) is 0 Å².